The minimum absolute atomic E-state index is 0.00542. The van der Waals surface area contributed by atoms with E-state index in [1.54, 1.807) is 4.90 Å². The van der Waals surface area contributed by atoms with Crippen molar-refractivity contribution in [2.24, 2.45) is 0 Å². The van der Waals surface area contributed by atoms with Crippen LogP contribution in [-0.2, 0) is 24.4 Å². The number of amides is 1. The largest absolute Gasteiger partial charge is 0.495 e. The molecule has 4 aliphatic rings. The van der Waals surface area contributed by atoms with Crippen LogP contribution in [0, 0.1) is 0 Å². The van der Waals surface area contributed by atoms with E-state index in [0.717, 1.165) is 22.6 Å². The van der Waals surface area contributed by atoms with Gasteiger partial charge in [0, 0.05) is 30.8 Å². The Bertz CT molecular complexity index is 903. The van der Waals surface area contributed by atoms with Gasteiger partial charge < -0.3 is 24.3 Å². The second-order valence-corrected chi connectivity index (χ2v) is 6.95. The van der Waals surface area contributed by atoms with E-state index >= 15 is 0 Å². The fourth-order valence-electron chi connectivity index (χ4n) is 4.31. The van der Waals surface area contributed by atoms with Crippen molar-refractivity contribution in [2.75, 3.05) is 31.4 Å². The van der Waals surface area contributed by atoms with Gasteiger partial charge in [0.2, 0.25) is 12.7 Å². The number of fused-ring (bicyclic) bond motifs is 4. The van der Waals surface area contributed by atoms with Crippen LogP contribution in [0.5, 0.6) is 0 Å². The van der Waals surface area contributed by atoms with Crippen LogP contribution >= 0.6 is 0 Å². The Labute approximate surface area is 156 Å². The number of carbonyl (C=O) groups excluding carboxylic acids is 1. The van der Waals surface area contributed by atoms with Gasteiger partial charge in [-0.15, -0.1) is 0 Å². The van der Waals surface area contributed by atoms with Crippen molar-refractivity contribution in [2.45, 2.75) is 18.3 Å². The number of hydroxylamine groups is 1. The molecule has 1 amide bonds. The summed E-state index contributed by atoms with van der Waals surface area (Å²) in [5, 5.41) is 8.86. The van der Waals surface area contributed by atoms with E-state index < -0.39 is 5.41 Å². The molecule has 1 unspecified atom stereocenters. The predicted octanol–water partition coefficient (Wildman–Crippen LogP) is 2.10. The van der Waals surface area contributed by atoms with Gasteiger partial charge in [0.05, 0.1) is 0 Å². The normalized spacial score (nSPS) is 25.2. The van der Waals surface area contributed by atoms with Crippen LogP contribution in [0.25, 0.3) is 0 Å². The lowest BCUT2D eigenvalue weighted by molar-refractivity contribution is -0.122. The number of hydrogen-bond acceptors (Lipinski definition) is 6. The fraction of sp³-hybridized carbons (Fsp3) is 0.350. The molecule has 1 atom stereocenters. The number of nitrogens with zero attached hydrogens (tertiary/aromatic N) is 1. The van der Waals surface area contributed by atoms with Crippen LogP contribution in [0.2, 0.25) is 0 Å². The molecule has 1 fully saturated rings. The van der Waals surface area contributed by atoms with Crippen LogP contribution in [0.4, 0.5) is 5.69 Å². The molecule has 140 valence electrons. The third-order valence-electron chi connectivity index (χ3n) is 5.58. The molecule has 7 nitrogen and oxygen atoms in total. The van der Waals surface area contributed by atoms with Crippen molar-refractivity contribution in [3.63, 3.8) is 0 Å². The van der Waals surface area contributed by atoms with E-state index in [1.807, 2.05) is 36.4 Å². The van der Waals surface area contributed by atoms with Crippen molar-refractivity contribution in [1.82, 2.24) is 5.48 Å². The molecule has 1 aromatic carbocycles. The third kappa shape index (κ3) is 2.25. The second-order valence-electron chi connectivity index (χ2n) is 6.95. The van der Waals surface area contributed by atoms with Gasteiger partial charge in [0.15, 0.2) is 11.5 Å². The molecule has 7 heteroatoms. The lowest BCUT2D eigenvalue weighted by Crippen LogP contribution is -2.43. The summed E-state index contributed by atoms with van der Waals surface area (Å²) < 4.78 is 17.1. The number of carbonyl (C=O) groups is 1. The number of rotatable bonds is 4. The van der Waals surface area contributed by atoms with Gasteiger partial charge in [-0.3, -0.25) is 4.79 Å². The van der Waals surface area contributed by atoms with E-state index in [-0.39, 0.29) is 19.3 Å². The van der Waals surface area contributed by atoms with Crippen molar-refractivity contribution in [3.05, 3.63) is 64.8 Å². The number of allylic oxidation sites excluding steroid dienone is 2. The van der Waals surface area contributed by atoms with E-state index in [1.165, 1.54) is 0 Å². The summed E-state index contributed by atoms with van der Waals surface area (Å²) in [4.78, 5) is 15.5. The lowest BCUT2D eigenvalue weighted by atomic mass is 9.76. The summed E-state index contributed by atoms with van der Waals surface area (Å²) in [6, 6.07) is 7.86. The molecule has 0 saturated carbocycles. The highest BCUT2D eigenvalue weighted by molar-refractivity contribution is 6.11. The highest BCUT2D eigenvalue weighted by atomic mass is 16.7. The van der Waals surface area contributed by atoms with Crippen molar-refractivity contribution in [1.29, 1.82) is 0 Å². The number of anilines is 1. The molecule has 27 heavy (non-hydrogen) atoms. The molecule has 3 heterocycles. The van der Waals surface area contributed by atoms with E-state index in [4.69, 9.17) is 19.4 Å². The highest BCUT2D eigenvalue weighted by Crippen LogP contribution is 2.52. The molecule has 3 aliphatic heterocycles. The minimum atomic E-state index is -0.860. The predicted molar refractivity (Wildman–Crippen MR) is 95.7 cm³/mol. The minimum Gasteiger partial charge on any atom is -0.495 e. The monoisotopic (exact) mass is 368 g/mol. The molecule has 1 aliphatic carbocycles. The SMILES string of the molecule is O=C1N(CCCNO)c2ccccc2C12COC1=C2C=C2OCOC2=CC1. The van der Waals surface area contributed by atoms with Gasteiger partial charge in [0.1, 0.15) is 17.8 Å². The number of hydrogen-bond donors (Lipinski definition) is 2. The number of ether oxygens (including phenoxy) is 3. The van der Waals surface area contributed by atoms with E-state index in [2.05, 4.69) is 5.48 Å². The van der Waals surface area contributed by atoms with Crippen LogP contribution in [-0.4, -0.2) is 37.6 Å². The zero-order valence-electron chi connectivity index (χ0n) is 14.7. The van der Waals surface area contributed by atoms with Crippen LogP contribution in [0.15, 0.2) is 59.3 Å². The zero-order chi connectivity index (χ0) is 18.4. The third-order valence-corrected chi connectivity index (χ3v) is 5.58. The Morgan fingerprint density at radius 3 is 2.93 bits per heavy atom. The van der Waals surface area contributed by atoms with E-state index in [0.29, 0.717) is 37.4 Å². The Balaban J connectivity index is 1.61. The average molecular weight is 368 g/mol. The molecule has 1 spiro atoms. The summed E-state index contributed by atoms with van der Waals surface area (Å²) in [6.45, 7) is 1.42. The lowest BCUT2D eigenvalue weighted by Gasteiger charge is -2.24. The first kappa shape index (κ1) is 16.4. The Morgan fingerprint density at radius 2 is 2.04 bits per heavy atom. The van der Waals surface area contributed by atoms with Gasteiger partial charge >= 0.3 is 0 Å². The summed E-state index contributed by atoms with van der Waals surface area (Å²) >= 11 is 0. The molecule has 0 bridgehead atoms. The Morgan fingerprint density at radius 1 is 1.19 bits per heavy atom. The van der Waals surface area contributed by atoms with Gasteiger partial charge in [-0.05, 0) is 30.2 Å². The summed E-state index contributed by atoms with van der Waals surface area (Å²) in [5.41, 5.74) is 4.00. The van der Waals surface area contributed by atoms with Crippen molar-refractivity contribution in [3.8, 4) is 0 Å². The second kappa shape index (κ2) is 6.14. The van der Waals surface area contributed by atoms with Crippen LogP contribution < -0.4 is 10.4 Å². The summed E-state index contributed by atoms with van der Waals surface area (Å²) in [7, 11) is 0. The summed E-state index contributed by atoms with van der Waals surface area (Å²) in [5.74, 6) is 2.15. The average Bonchev–Trinajstić information content (AvgIpc) is 3.31. The van der Waals surface area contributed by atoms with Crippen LogP contribution in [0.1, 0.15) is 18.4 Å². The zero-order valence-corrected chi connectivity index (χ0v) is 14.7. The first-order valence-corrected chi connectivity index (χ1v) is 9.08. The van der Waals surface area contributed by atoms with Crippen molar-refractivity contribution >= 4 is 11.6 Å². The van der Waals surface area contributed by atoms with Crippen LogP contribution in [0.3, 0.4) is 0 Å². The molecule has 1 saturated heterocycles. The van der Waals surface area contributed by atoms with Gasteiger partial charge in [-0.2, -0.15) is 0 Å². The quantitative estimate of drug-likeness (QED) is 0.626. The molecular formula is C20H20N2O5. The van der Waals surface area contributed by atoms with E-state index in [9.17, 15) is 4.79 Å². The first-order chi connectivity index (χ1) is 13.3. The molecule has 0 aromatic heterocycles. The Hall–Kier alpha value is -2.77. The molecule has 1 aromatic rings. The maximum atomic E-state index is 13.7. The number of nitrogens with one attached hydrogen (secondary N) is 1. The summed E-state index contributed by atoms with van der Waals surface area (Å²) in [6.07, 6.45) is 5.06. The molecular weight excluding hydrogens is 348 g/mol. The smallest absolute Gasteiger partial charge is 0.245 e. The standard InChI is InChI=1S/C20H20N2O5/c23-19-20(13-4-1-2-5-15(13)22(19)9-3-8-21-24)11-25-16-6-7-17-18(10-14(16)20)27-12-26-17/h1-2,4-5,7,10,21,24H,3,6,8-9,11-12H2. The molecule has 2 N–H and O–H groups in total. The fourth-order valence-corrected chi connectivity index (χ4v) is 4.31. The van der Waals surface area contributed by atoms with Gasteiger partial charge in [-0.1, -0.05) is 18.2 Å². The maximum absolute atomic E-state index is 13.7. The first-order valence-electron chi connectivity index (χ1n) is 9.08. The van der Waals surface area contributed by atoms with Crippen molar-refractivity contribution < 1.29 is 24.2 Å². The molecule has 0 radical (unpaired) electrons. The number of benzene rings is 1. The van der Waals surface area contributed by atoms with Gasteiger partial charge in [-0.25, -0.2) is 5.48 Å². The Kier molecular flexibility index (Phi) is 3.73. The topological polar surface area (TPSA) is 80.3 Å². The van der Waals surface area contributed by atoms with Gasteiger partial charge in [0.25, 0.3) is 0 Å². The molecule has 5 rings (SSSR count). The maximum Gasteiger partial charge on any atom is 0.245 e. The number of para-hydroxylation sites is 1. The highest BCUT2D eigenvalue weighted by Gasteiger charge is 2.57.